The van der Waals surface area contributed by atoms with Crippen LogP contribution in [-0.2, 0) is 10.2 Å². The van der Waals surface area contributed by atoms with Crippen molar-refractivity contribution in [1.29, 1.82) is 5.26 Å². The van der Waals surface area contributed by atoms with Gasteiger partial charge in [-0.2, -0.15) is 5.26 Å². The van der Waals surface area contributed by atoms with E-state index in [1.807, 2.05) is 0 Å². The Hall–Kier alpha value is -1.96. The van der Waals surface area contributed by atoms with Gasteiger partial charge in [-0.25, -0.2) is 8.78 Å². The molecule has 1 rings (SSSR count). The average molecular weight is 239 g/mol. The van der Waals surface area contributed by atoms with Gasteiger partial charge >= 0.3 is 5.97 Å². The number of nitriles is 1. The van der Waals surface area contributed by atoms with Crippen LogP contribution in [0.3, 0.4) is 0 Å². The minimum Gasteiger partial charge on any atom is -0.481 e. The second-order valence-corrected chi connectivity index (χ2v) is 3.90. The number of nitrogens with zero attached hydrogens (tertiary/aromatic N) is 1. The molecular weight excluding hydrogens is 228 g/mol. The SMILES string of the molecule is CC(CCC#N)(C(=O)O)c1cccc(F)c1F. The zero-order valence-corrected chi connectivity index (χ0v) is 9.20. The molecule has 17 heavy (non-hydrogen) atoms. The fourth-order valence-electron chi connectivity index (χ4n) is 1.59. The molecule has 1 atom stereocenters. The molecule has 0 saturated heterocycles. The second kappa shape index (κ2) is 4.91. The lowest BCUT2D eigenvalue weighted by Gasteiger charge is -2.24. The highest BCUT2D eigenvalue weighted by atomic mass is 19.2. The fourth-order valence-corrected chi connectivity index (χ4v) is 1.59. The third-order valence-electron chi connectivity index (χ3n) is 2.75. The van der Waals surface area contributed by atoms with Crippen molar-refractivity contribution < 1.29 is 18.7 Å². The Morgan fingerprint density at radius 2 is 2.18 bits per heavy atom. The molecule has 1 unspecified atom stereocenters. The number of aliphatic carboxylic acids is 1. The smallest absolute Gasteiger partial charge is 0.313 e. The molecule has 5 heteroatoms. The maximum absolute atomic E-state index is 13.6. The summed E-state index contributed by atoms with van der Waals surface area (Å²) in [5, 5.41) is 17.6. The summed E-state index contributed by atoms with van der Waals surface area (Å²) < 4.78 is 26.6. The van der Waals surface area contributed by atoms with Crippen molar-refractivity contribution in [1.82, 2.24) is 0 Å². The van der Waals surface area contributed by atoms with Gasteiger partial charge in [0, 0.05) is 12.0 Å². The van der Waals surface area contributed by atoms with Crippen molar-refractivity contribution in [2.75, 3.05) is 0 Å². The van der Waals surface area contributed by atoms with Crippen LogP contribution < -0.4 is 0 Å². The number of rotatable bonds is 4. The van der Waals surface area contributed by atoms with E-state index in [2.05, 4.69) is 0 Å². The van der Waals surface area contributed by atoms with Gasteiger partial charge in [-0.05, 0) is 19.4 Å². The van der Waals surface area contributed by atoms with Gasteiger partial charge in [-0.1, -0.05) is 12.1 Å². The molecule has 0 spiro atoms. The summed E-state index contributed by atoms with van der Waals surface area (Å²) in [4.78, 5) is 11.2. The van der Waals surface area contributed by atoms with Crippen LogP contribution in [0.4, 0.5) is 8.78 Å². The first kappa shape index (κ1) is 13.1. The third-order valence-corrected chi connectivity index (χ3v) is 2.75. The standard InChI is InChI=1S/C12H11F2NO2/c1-12(11(16)17,6-3-7-15)8-4-2-5-9(13)10(8)14/h2,4-5H,3,6H2,1H3,(H,16,17). The minimum absolute atomic E-state index is 0.0429. The van der Waals surface area contributed by atoms with Crippen LogP contribution in [0.2, 0.25) is 0 Å². The highest BCUT2D eigenvalue weighted by Crippen LogP contribution is 2.32. The molecule has 0 amide bonds. The molecule has 1 aromatic rings. The lowest BCUT2D eigenvalue weighted by atomic mass is 9.78. The van der Waals surface area contributed by atoms with E-state index in [0.717, 1.165) is 6.07 Å². The van der Waals surface area contributed by atoms with Gasteiger partial charge in [0.25, 0.3) is 0 Å². The van der Waals surface area contributed by atoms with Crippen molar-refractivity contribution in [3.8, 4) is 6.07 Å². The highest BCUT2D eigenvalue weighted by molar-refractivity contribution is 5.80. The van der Waals surface area contributed by atoms with Gasteiger partial charge in [0.15, 0.2) is 11.6 Å². The van der Waals surface area contributed by atoms with Gasteiger partial charge in [0.1, 0.15) is 0 Å². The van der Waals surface area contributed by atoms with Crippen molar-refractivity contribution in [2.24, 2.45) is 0 Å². The van der Waals surface area contributed by atoms with Gasteiger partial charge in [-0.3, -0.25) is 4.79 Å². The molecule has 90 valence electrons. The maximum atomic E-state index is 13.6. The molecule has 0 fully saturated rings. The van der Waals surface area contributed by atoms with E-state index in [1.165, 1.54) is 19.1 Å². The summed E-state index contributed by atoms with van der Waals surface area (Å²) in [6.45, 7) is 1.28. The normalized spacial score (nSPS) is 13.8. The molecule has 0 aliphatic carbocycles. The quantitative estimate of drug-likeness (QED) is 0.878. The Morgan fingerprint density at radius 1 is 1.53 bits per heavy atom. The van der Waals surface area contributed by atoms with Crippen molar-refractivity contribution in [3.63, 3.8) is 0 Å². The topological polar surface area (TPSA) is 61.1 Å². The van der Waals surface area contributed by atoms with Gasteiger partial charge in [0.05, 0.1) is 11.5 Å². The summed E-state index contributed by atoms with van der Waals surface area (Å²) in [7, 11) is 0. The van der Waals surface area contributed by atoms with E-state index in [4.69, 9.17) is 10.4 Å². The Morgan fingerprint density at radius 3 is 2.71 bits per heavy atom. The van der Waals surface area contributed by atoms with Gasteiger partial charge < -0.3 is 5.11 Å². The van der Waals surface area contributed by atoms with E-state index in [-0.39, 0.29) is 18.4 Å². The Labute approximate surface area is 97.3 Å². The molecule has 0 aromatic heterocycles. The molecule has 0 bridgehead atoms. The minimum atomic E-state index is -1.60. The molecule has 1 N–H and O–H groups in total. The van der Waals surface area contributed by atoms with Crippen LogP contribution in [0.25, 0.3) is 0 Å². The third kappa shape index (κ3) is 2.41. The van der Waals surface area contributed by atoms with Crippen LogP contribution >= 0.6 is 0 Å². The predicted octanol–water partition coefficient (Wildman–Crippen LogP) is 2.61. The number of carboxylic acid groups (broad SMARTS) is 1. The Bertz CT molecular complexity index is 482. The van der Waals surface area contributed by atoms with E-state index in [9.17, 15) is 13.6 Å². The number of benzene rings is 1. The average Bonchev–Trinajstić information content (AvgIpc) is 2.29. The number of hydrogen-bond acceptors (Lipinski definition) is 2. The predicted molar refractivity (Wildman–Crippen MR) is 56.2 cm³/mol. The lowest BCUT2D eigenvalue weighted by molar-refractivity contribution is -0.143. The summed E-state index contributed by atoms with van der Waals surface area (Å²) in [6.07, 6.45) is -0.113. The molecule has 0 heterocycles. The number of carboxylic acids is 1. The number of carbonyl (C=O) groups is 1. The van der Waals surface area contributed by atoms with Crippen LogP contribution in [-0.4, -0.2) is 11.1 Å². The van der Waals surface area contributed by atoms with Crippen LogP contribution in [0.15, 0.2) is 18.2 Å². The largest absolute Gasteiger partial charge is 0.481 e. The zero-order chi connectivity index (χ0) is 13.1. The van der Waals surface area contributed by atoms with E-state index in [1.54, 1.807) is 6.07 Å². The summed E-state index contributed by atoms with van der Waals surface area (Å²) in [6, 6.07) is 5.20. The second-order valence-electron chi connectivity index (χ2n) is 3.90. The fraction of sp³-hybridized carbons (Fsp3) is 0.333. The molecular formula is C12H11F2NO2. The molecule has 0 radical (unpaired) electrons. The van der Waals surface area contributed by atoms with Crippen LogP contribution in [0.1, 0.15) is 25.3 Å². The Balaban J connectivity index is 3.28. The van der Waals surface area contributed by atoms with Gasteiger partial charge in [-0.15, -0.1) is 0 Å². The molecule has 0 aliphatic heterocycles. The van der Waals surface area contributed by atoms with E-state index < -0.39 is 23.0 Å². The first-order chi connectivity index (χ1) is 7.93. The molecule has 0 aliphatic rings. The monoisotopic (exact) mass is 239 g/mol. The Kier molecular flexibility index (Phi) is 3.79. The molecule has 3 nitrogen and oxygen atoms in total. The summed E-state index contributed by atoms with van der Waals surface area (Å²) in [5.41, 5.74) is -1.83. The zero-order valence-electron chi connectivity index (χ0n) is 9.20. The van der Waals surface area contributed by atoms with Crippen molar-refractivity contribution in [2.45, 2.75) is 25.2 Å². The van der Waals surface area contributed by atoms with Gasteiger partial charge in [0.2, 0.25) is 0 Å². The number of hydrogen-bond donors (Lipinski definition) is 1. The first-order valence-electron chi connectivity index (χ1n) is 4.98. The maximum Gasteiger partial charge on any atom is 0.313 e. The van der Waals surface area contributed by atoms with Crippen molar-refractivity contribution in [3.05, 3.63) is 35.4 Å². The molecule has 1 aromatic carbocycles. The van der Waals surface area contributed by atoms with Crippen molar-refractivity contribution >= 4 is 5.97 Å². The van der Waals surface area contributed by atoms with Crippen LogP contribution in [0.5, 0.6) is 0 Å². The summed E-state index contributed by atoms with van der Waals surface area (Å²) in [5.74, 6) is -3.54. The molecule has 0 saturated carbocycles. The lowest BCUT2D eigenvalue weighted by Crippen LogP contribution is -2.33. The van der Waals surface area contributed by atoms with E-state index in [0.29, 0.717) is 0 Å². The first-order valence-corrected chi connectivity index (χ1v) is 4.98. The van der Waals surface area contributed by atoms with Crippen LogP contribution in [0, 0.1) is 23.0 Å². The van der Waals surface area contributed by atoms with E-state index >= 15 is 0 Å². The highest BCUT2D eigenvalue weighted by Gasteiger charge is 2.37. The number of halogens is 2. The summed E-state index contributed by atoms with van der Waals surface area (Å²) >= 11 is 0.